The molecule has 0 radical (unpaired) electrons. The standard InChI is InChI=1S/C23H25NO6/c1-29-18-10-9-13(11-19(18)30-2)21-22-14(5-3-7-16(22)25)24(12-20(27)28)15-6-4-8-17(26)23(15)21/h9-11,21H,3-8,12H2,1-2H3,(H,27,28). The summed E-state index contributed by atoms with van der Waals surface area (Å²) in [5, 5.41) is 9.50. The first-order chi connectivity index (χ1) is 14.5. The van der Waals surface area contributed by atoms with Crippen LogP contribution in [-0.2, 0) is 14.4 Å². The molecule has 7 heteroatoms. The van der Waals surface area contributed by atoms with Gasteiger partial charge >= 0.3 is 5.97 Å². The summed E-state index contributed by atoms with van der Waals surface area (Å²) in [6.45, 7) is -0.239. The molecule has 0 unspecified atom stereocenters. The van der Waals surface area contributed by atoms with Gasteiger partial charge in [-0.1, -0.05) is 6.07 Å². The van der Waals surface area contributed by atoms with Crippen LogP contribution in [0.2, 0.25) is 0 Å². The van der Waals surface area contributed by atoms with Crippen molar-refractivity contribution in [3.05, 3.63) is 46.3 Å². The lowest BCUT2D eigenvalue weighted by molar-refractivity contribution is -0.138. The smallest absolute Gasteiger partial charge is 0.323 e. The molecule has 1 heterocycles. The Kier molecular flexibility index (Phi) is 5.37. The molecule has 0 aromatic heterocycles. The molecule has 158 valence electrons. The number of benzene rings is 1. The lowest BCUT2D eigenvalue weighted by atomic mass is 9.71. The predicted molar refractivity (Wildman–Crippen MR) is 108 cm³/mol. The Morgan fingerprint density at radius 1 is 0.967 bits per heavy atom. The summed E-state index contributed by atoms with van der Waals surface area (Å²) >= 11 is 0. The molecule has 1 N–H and O–H groups in total. The summed E-state index contributed by atoms with van der Waals surface area (Å²) in [5.74, 6) is -0.417. The van der Waals surface area contributed by atoms with Gasteiger partial charge in [0.25, 0.3) is 0 Å². The highest BCUT2D eigenvalue weighted by atomic mass is 16.5. The molecule has 0 bridgehead atoms. The molecule has 2 aliphatic carbocycles. The van der Waals surface area contributed by atoms with Gasteiger partial charge in [0.1, 0.15) is 6.54 Å². The van der Waals surface area contributed by atoms with Gasteiger partial charge in [0.15, 0.2) is 23.1 Å². The number of methoxy groups -OCH3 is 2. The van der Waals surface area contributed by atoms with Crippen molar-refractivity contribution in [2.75, 3.05) is 20.8 Å². The van der Waals surface area contributed by atoms with E-state index in [0.29, 0.717) is 61.2 Å². The highest BCUT2D eigenvalue weighted by Gasteiger charge is 2.43. The van der Waals surface area contributed by atoms with E-state index in [1.165, 1.54) is 0 Å². The summed E-state index contributed by atoms with van der Waals surface area (Å²) in [4.78, 5) is 39.5. The third-order valence-electron chi connectivity index (χ3n) is 6.12. The van der Waals surface area contributed by atoms with E-state index in [0.717, 1.165) is 17.0 Å². The van der Waals surface area contributed by atoms with Crippen molar-refractivity contribution in [3.63, 3.8) is 0 Å². The predicted octanol–water partition coefficient (Wildman–Crippen LogP) is 3.20. The van der Waals surface area contributed by atoms with E-state index in [1.54, 1.807) is 25.2 Å². The van der Waals surface area contributed by atoms with Gasteiger partial charge in [-0.05, 0) is 43.4 Å². The molecule has 0 fully saturated rings. The number of ether oxygens (including phenoxy) is 2. The van der Waals surface area contributed by atoms with E-state index in [9.17, 15) is 19.5 Å². The van der Waals surface area contributed by atoms with Crippen LogP contribution in [0, 0.1) is 0 Å². The van der Waals surface area contributed by atoms with Crippen LogP contribution < -0.4 is 9.47 Å². The minimum atomic E-state index is -0.977. The van der Waals surface area contributed by atoms with E-state index in [-0.39, 0.29) is 18.1 Å². The molecule has 30 heavy (non-hydrogen) atoms. The third-order valence-corrected chi connectivity index (χ3v) is 6.12. The van der Waals surface area contributed by atoms with Gasteiger partial charge in [0, 0.05) is 41.3 Å². The highest BCUT2D eigenvalue weighted by Crippen LogP contribution is 2.49. The maximum absolute atomic E-state index is 13.1. The average molecular weight is 411 g/mol. The fraction of sp³-hybridized carbons (Fsp3) is 0.435. The van der Waals surface area contributed by atoms with Crippen molar-refractivity contribution in [2.24, 2.45) is 0 Å². The minimum absolute atomic E-state index is 0.0173. The second-order valence-electron chi connectivity index (χ2n) is 7.80. The number of rotatable bonds is 5. The molecule has 1 aromatic carbocycles. The quantitative estimate of drug-likeness (QED) is 0.795. The molecule has 1 aromatic rings. The normalized spacial score (nSPS) is 19.6. The van der Waals surface area contributed by atoms with Crippen LogP contribution >= 0.6 is 0 Å². The second kappa shape index (κ2) is 7.97. The Balaban J connectivity index is 1.95. The summed E-state index contributed by atoms with van der Waals surface area (Å²) in [6, 6.07) is 5.45. The number of ketones is 2. The summed E-state index contributed by atoms with van der Waals surface area (Å²) < 4.78 is 10.8. The van der Waals surface area contributed by atoms with E-state index in [4.69, 9.17) is 9.47 Å². The lowest BCUT2D eigenvalue weighted by Gasteiger charge is -2.43. The zero-order chi connectivity index (χ0) is 21.4. The van der Waals surface area contributed by atoms with Crippen molar-refractivity contribution < 1.29 is 29.0 Å². The van der Waals surface area contributed by atoms with Crippen LogP contribution in [0.5, 0.6) is 11.5 Å². The first-order valence-electron chi connectivity index (χ1n) is 10.2. The van der Waals surface area contributed by atoms with Crippen molar-refractivity contribution in [1.82, 2.24) is 4.90 Å². The SMILES string of the molecule is COc1ccc(C2C3=C(CCCC3=O)N(CC(=O)O)C3=C2C(=O)CCC3)cc1OC. The van der Waals surface area contributed by atoms with Gasteiger partial charge < -0.3 is 19.5 Å². The zero-order valence-corrected chi connectivity index (χ0v) is 17.2. The van der Waals surface area contributed by atoms with E-state index in [1.807, 2.05) is 12.1 Å². The number of carboxylic acids is 1. The monoisotopic (exact) mass is 411 g/mol. The fourth-order valence-electron chi connectivity index (χ4n) is 4.91. The van der Waals surface area contributed by atoms with Crippen LogP contribution in [0.3, 0.4) is 0 Å². The molecule has 0 saturated carbocycles. The number of hydrogen-bond acceptors (Lipinski definition) is 6. The van der Waals surface area contributed by atoms with E-state index >= 15 is 0 Å². The fourth-order valence-corrected chi connectivity index (χ4v) is 4.91. The number of carboxylic acid groups (broad SMARTS) is 1. The molecule has 0 atom stereocenters. The Hall–Kier alpha value is -3.09. The number of aliphatic carboxylic acids is 1. The molecular weight excluding hydrogens is 386 g/mol. The zero-order valence-electron chi connectivity index (χ0n) is 17.2. The molecular formula is C23H25NO6. The van der Waals surface area contributed by atoms with E-state index in [2.05, 4.69) is 0 Å². The Morgan fingerprint density at radius 2 is 1.53 bits per heavy atom. The molecule has 7 nitrogen and oxygen atoms in total. The Labute approximate surface area is 175 Å². The number of carbonyl (C=O) groups excluding carboxylic acids is 2. The van der Waals surface area contributed by atoms with Crippen LogP contribution in [-0.4, -0.2) is 48.3 Å². The molecule has 4 rings (SSSR count). The van der Waals surface area contributed by atoms with Gasteiger partial charge in [0.2, 0.25) is 0 Å². The van der Waals surface area contributed by atoms with Crippen LogP contribution in [0.25, 0.3) is 0 Å². The maximum atomic E-state index is 13.1. The largest absolute Gasteiger partial charge is 0.493 e. The summed E-state index contributed by atoms with van der Waals surface area (Å²) in [7, 11) is 3.10. The molecule has 0 saturated heterocycles. The molecule has 0 spiro atoms. The third kappa shape index (κ3) is 3.28. The highest BCUT2D eigenvalue weighted by molar-refractivity contribution is 6.06. The van der Waals surface area contributed by atoms with Crippen molar-refractivity contribution in [2.45, 2.75) is 44.4 Å². The van der Waals surface area contributed by atoms with Crippen LogP contribution in [0.4, 0.5) is 0 Å². The van der Waals surface area contributed by atoms with Gasteiger partial charge in [-0.25, -0.2) is 0 Å². The van der Waals surface area contributed by atoms with Crippen LogP contribution in [0.1, 0.15) is 50.0 Å². The molecule has 0 amide bonds. The minimum Gasteiger partial charge on any atom is -0.493 e. The number of allylic oxidation sites excluding steroid dienone is 4. The average Bonchev–Trinajstić information content (AvgIpc) is 2.74. The summed E-state index contributed by atoms with van der Waals surface area (Å²) in [6.07, 6.45) is 3.43. The molecule has 3 aliphatic rings. The van der Waals surface area contributed by atoms with Gasteiger partial charge in [0.05, 0.1) is 14.2 Å². The van der Waals surface area contributed by atoms with Gasteiger partial charge in [-0.3, -0.25) is 14.4 Å². The Morgan fingerprint density at radius 3 is 2.03 bits per heavy atom. The molecule has 1 aliphatic heterocycles. The van der Waals surface area contributed by atoms with Crippen LogP contribution in [0.15, 0.2) is 40.7 Å². The maximum Gasteiger partial charge on any atom is 0.323 e. The van der Waals surface area contributed by atoms with Crippen molar-refractivity contribution in [1.29, 1.82) is 0 Å². The number of nitrogens with zero attached hydrogens (tertiary/aromatic N) is 1. The number of carbonyl (C=O) groups is 3. The topological polar surface area (TPSA) is 93.1 Å². The second-order valence-corrected chi connectivity index (χ2v) is 7.80. The lowest BCUT2D eigenvalue weighted by Crippen LogP contribution is -2.41. The first-order valence-corrected chi connectivity index (χ1v) is 10.2. The van der Waals surface area contributed by atoms with Gasteiger partial charge in [-0.2, -0.15) is 0 Å². The summed E-state index contributed by atoms with van der Waals surface area (Å²) in [5.41, 5.74) is 3.41. The van der Waals surface area contributed by atoms with Gasteiger partial charge in [-0.15, -0.1) is 0 Å². The van der Waals surface area contributed by atoms with Crippen molar-refractivity contribution in [3.8, 4) is 11.5 Å². The van der Waals surface area contributed by atoms with Crippen molar-refractivity contribution >= 4 is 17.5 Å². The van der Waals surface area contributed by atoms with E-state index < -0.39 is 11.9 Å². The number of hydrogen-bond donors (Lipinski definition) is 1. The Bertz CT molecular complexity index is 945. The number of Topliss-reactive ketones (excluding diaryl/α,β-unsaturated/α-hetero) is 2. The first kappa shape index (κ1) is 20.2.